The minimum absolute atomic E-state index is 0.0358. The Bertz CT molecular complexity index is 478. The maximum Gasteiger partial charge on any atom is 0.332 e. The summed E-state index contributed by atoms with van der Waals surface area (Å²) in [6.45, 7) is 1.24. The Morgan fingerprint density at radius 1 is 1.59 bits per heavy atom. The number of halogens is 1. The van der Waals surface area contributed by atoms with Crippen LogP contribution in [0.25, 0.3) is 0 Å². The smallest absolute Gasteiger partial charge is 0.332 e. The van der Waals surface area contributed by atoms with E-state index in [-0.39, 0.29) is 29.0 Å². The van der Waals surface area contributed by atoms with E-state index in [1.165, 1.54) is 18.9 Å². The summed E-state index contributed by atoms with van der Waals surface area (Å²) in [5.41, 5.74) is 4.84. The minimum atomic E-state index is -0.630. The van der Waals surface area contributed by atoms with Crippen molar-refractivity contribution in [3.05, 3.63) is 21.1 Å². The number of primary amides is 1. The summed E-state index contributed by atoms with van der Waals surface area (Å²) in [6, 6.07) is 0. The van der Waals surface area contributed by atoms with E-state index in [0.29, 0.717) is 0 Å². The number of likely N-dealkylation sites (N-methyl/N-ethyl adjacent to an activating group) is 1. The third-order valence-corrected chi connectivity index (χ3v) is 2.12. The molecule has 0 saturated heterocycles. The molecule has 0 aliphatic heterocycles. The van der Waals surface area contributed by atoms with Crippen molar-refractivity contribution < 1.29 is 9.72 Å². The first kappa shape index (κ1) is 13.1. The van der Waals surface area contributed by atoms with E-state index in [1.807, 2.05) is 0 Å². The molecule has 0 bridgehead atoms. The quantitative estimate of drug-likeness (QED) is 0.471. The van der Waals surface area contributed by atoms with Gasteiger partial charge in [0.25, 0.3) is 0 Å². The molecule has 0 fully saturated rings. The van der Waals surface area contributed by atoms with Gasteiger partial charge in [-0.05, 0) is 18.5 Å². The molecule has 92 valence electrons. The summed E-state index contributed by atoms with van der Waals surface area (Å²) in [5, 5.41) is 10.8. The number of nitro groups is 1. The number of rotatable bonds is 4. The van der Waals surface area contributed by atoms with Crippen molar-refractivity contribution in [3.8, 4) is 0 Å². The molecule has 1 aromatic rings. The zero-order valence-corrected chi connectivity index (χ0v) is 9.93. The van der Waals surface area contributed by atoms with Crippen LogP contribution >= 0.6 is 11.6 Å². The number of aromatic nitrogens is 2. The van der Waals surface area contributed by atoms with Gasteiger partial charge in [0.2, 0.25) is 17.0 Å². The van der Waals surface area contributed by atoms with Gasteiger partial charge >= 0.3 is 5.69 Å². The van der Waals surface area contributed by atoms with Crippen molar-refractivity contribution >= 4 is 29.0 Å². The highest BCUT2D eigenvalue weighted by molar-refractivity contribution is 6.28. The molecule has 0 aromatic carbocycles. The van der Waals surface area contributed by atoms with Gasteiger partial charge in [-0.3, -0.25) is 14.9 Å². The van der Waals surface area contributed by atoms with E-state index in [2.05, 4.69) is 9.97 Å². The maximum absolute atomic E-state index is 10.9. The topological polar surface area (TPSA) is 115 Å². The highest BCUT2D eigenvalue weighted by Gasteiger charge is 2.24. The fraction of sp³-hybridized carbons (Fsp3) is 0.375. The molecule has 0 radical (unpaired) electrons. The standard InChI is InChI=1S/C8H10ClN5O3/c1-4-6(14(16)17)7(12-8(9)11-4)13(2)3-5(10)15/h3H2,1-2H3,(H2,10,15). The number of nitrogens with two attached hydrogens (primary N) is 1. The lowest BCUT2D eigenvalue weighted by molar-refractivity contribution is -0.385. The van der Waals surface area contributed by atoms with Gasteiger partial charge in [0.15, 0.2) is 0 Å². The Labute approximate surface area is 102 Å². The molecule has 0 spiro atoms. The Balaban J connectivity index is 3.29. The molecule has 1 heterocycles. The SMILES string of the molecule is Cc1nc(Cl)nc(N(C)CC(N)=O)c1[N+](=O)[O-]. The highest BCUT2D eigenvalue weighted by Crippen LogP contribution is 2.28. The van der Waals surface area contributed by atoms with Crippen LogP contribution in [0.3, 0.4) is 0 Å². The number of aryl methyl sites for hydroxylation is 1. The van der Waals surface area contributed by atoms with E-state index in [9.17, 15) is 14.9 Å². The van der Waals surface area contributed by atoms with Crippen LogP contribution in [0.4, 0.5) is 11.5 Å². The van der Waals surface area contributed by atoms with E-state index in [1.54, 1.807) is 0 Å². The minimum Gasteiger partial charge on any atom is -0.368 e. The van der Waals surface area contributed by atoms with Gasteiger partial charge in [0.05, 0.1) is 11.5 Å². The number of carbonyl (C=O) groups is 1. The Morgan fingerprint density at radius 3 is 2.65 bits per heavy atom. The molecule has 0 aliphatic rings. The Hall–Kier alpha value is -1.96. The highest BCUT2D eigenvalue weighted by atomic mass is 35.5. The van der Waals surface area contributed by atoms with Crippen molar-refractivity contribution in [3.63, 3.8) is 0 Å². The summed E-state index contributed by atoms with van der Waals surface area (Å²) in [4.78, 5) is 29.7. The number of amides is 1. The molecule has 8 nitrogen and oxygen atoms in total. The summed E-state index contributed by atoms with van der Waals surface area (Å²) in [6.07, 6.45) is 0. The Kier molecular flexibility index (Phi) is 3.79. The van der Waals surface area contributed by atoms with Crippen LogP contribution in [0, 0.1) is 17.0 Å². The molecule has 0 unspecified atom stereocenters. The molecule has 0 aliphatic carbocycles. The summed E-state index contributed by atoms with van der Waals surface area (Å²) < 4.78 is 0. The molecule has 1 aromatic heterocycles. The molecular formula is C8H10ClN5O3. The van der Waals surface area contributed by atoms with Crippen LogP contribution in [0.15, 0.2) is 0 Å². The summed E-state index contributed by atoms with van der Waals surface area (Å²) in [7, 11) is 1.45. The summed E-state index contributed by atoms with van der Waals surface area (Å²) >= 11 is 5.62. The monoisotopic (exact) mass is 259 g/mol. The number of carbonyl (C=O) groups excluding carboxylic acids is 1. The van der Waals surface area contributed by atoms with Crippen molar-refractivity contribution in [2.24, 2.45) is 5.73 Å². The van der Waals surface area contributed by atoms with Gasteiger partial charge in [-0.2, -0.15) is 4.98 Å². The van der Waals surface area contributed by atoms with Crippen molar-refractivity contribution in [2.45, 2.75) is 6.92 Å². The lowest BCUT2D eigenvalue weighted by atomic mass is 10.3. The summed E-state index contributed by atoms with van der Waals surface area (Å²) in [5.74, 6) is -0.666. The Morgan fingerprint density at radius 2 is 2.18 bits per heavy atom. The molecule has 2 N–H and O–H groups in total. The van der Waals surface area contributed by atoms with E-state index >= 15 is 0 Å². The lowest BCUT2D eigenvalue weighted by Gasteiger charge is -2.16. The number of nitrogens with zero attached hydrogens (tertiary/aromatic N) is 4. The molecule has 0 atom stereocenters. The van der Waals surface area contributed by atoms with Crippen LogP contribution in [-0.2, 0) is 4.79 Å². The number of anilines is 1. The van der Waals surface area contributed by atoms with Crippen LogP contribution in [0.5, 0.6) is 0 Å². The van der Waals surface area contributed by atoms with E-state index in [0.717, 1.165) is 0 Å². The fourth-order valence-corrected chi connectivity index (χ4v) is 1.51. The molecule has 1 rings (SSSR count). The molecule has 17 heavy (non-hydrogen) atoms. The third-order valence-electron chi connectivity index (χ3n) is 1.95. The second-order valence-corrected chi connectivity index (χ2v) is 3.67. The third kappa shape index (κ3) is 3.00. The van der Waals surface area contributed by atoms with Gasteiger partial charge < -0.3 is 10.6 Å². The van der Waals surface area contributed by atoms with Crippen LogP contribution < -0.4 is 10.6 Å². The van der Waals surface area contributed by atoms with Crippen LogP contribution in [-0.4, -0.2) is 34.4 Å². The number of hydrogen-bond acceptors (Lipinski definition) is 6. The predicted molar refractivity (Wildman–Crippen MR) is 60.9 cm³/mol. The van der Waals surface area contributed by atoms with Gasteiger partial charge in [-0.15, -0.1) is 0 Å². The van der Waals surface area contributed by atoms with Gasteiger partial charge in [0, 0.05) is 7.05 Å². The molecule has 0 saturated carbocycles. The molecule has 9 heteroatoms. The second-order valence-electron chi connectivity index (χ2n) is 3.33. The largest absolute Gasteiger partial charge is 0.368 e. The van der Waals surface area contributed by atoms with Gasteiger partial charge in [-0.1, -0.05) is 0 Å². The first-order valence-corrected chi connectivity index (χ1v) is 4.88. The van der Waals surface area contributed by atoms with Gasteiger partial charge in [-0.25, -0.2) is 4.98 Å². The second kappa shape index (κ2) is 4.91. The lowest BCUT2D eigenvalue weighted by Crippen LogP contribution is -2.31. The van der Waals surface area contributed by atoms with Crippen molar-refractivity contribution in [1.82, 2.24) is 9.97 Å². The van der Waals surface area contributed by atoms with Gasteiger partial charge in [0.1, 0.15) is 5.69 Å². The average Bonchev–Trinajstić information content (AvgIpc) is 2.14. The average molecular weight is 260 g/mol. The molecule has 1 amide bonds. The first-order chi connectivity index (χ1) is 7.82. The van der Waals surface area contributed by atoms with Crippen molar-refractivity contribution in [2.75, 3.05) is 18.5 Å². The van der Waals surface area contributed by atoms with Crippen LogP contribution in [0.2, 0.25) is 5.28 Å². The van der Waals surface area contributed by atoms with E-state index < -0.39 is 10.8 Å². The zero-order chi connectivity index (χ0) is 13.2. The maximum atomic E-state index is 10.9. The van der Waals surface area contributed by atoms with E-state index in [4.69, 9.17) is 17.3 Å². The normalized spacial score (nSPS) is 10.1. The fourth-order valence-electron chi connectivity index (χ4n) is 1.31. The first-order valence-electron chi connectivity index (χ1n) is 4.51. The zero-order valence-electron chi connectivity index (χ0n) is 9.18. The molecular weight excluding hydrogens is 250 g/mol. The van der Waals surface area contributed by atoms with Crippen molar-refractivity contribution in [1.29, 1.82) is 0 Å². The predicted octanol–water partition coefficient (Wildman–Crippen LogP) is 0.268. The van der Waals surface area contributed by atoms with Crippen LogP contribution in [0.1, 0.15) is 5.69 Å². The number of hydrogen-bond donors (Lipinski definition) is 1.